The summed E-state index contributed by atoms with van der Waals surface area (Å²) in [5, 5.41) is 0. The van der Waals surface area contributed by atoms with Crippen LogP contribution in [-0.4, -0.2) is 61.0 Å². The number of piperidine rings is 1. The molecule has 0 radical (unpaired) electrons. The third-order valence-corrected chi connectivity index (χ3v) is 5.06. The second-order valence-corrected chi connectivity index (χ2v) is 6.50. The largest absolute Gasteiger partial charge is 0.370 e. The fourth-order valence-corrected chi connectivity index (χ4v) is 3.67. The lowest BCUT2D eigenvalue weighted by Gasteiger charge is -2.37. The van der Waals surface area contributed by atoms with Gasteiger partial charge >= 0.3 is 0 Å². The molecule has 4 heterocycles. The molecule has 0 unspecified atom stereocenters. The summed E-state index contributed by atoms with van der Waals surface area (Å²) in [6.45, 7) is 4.82. The summed E-state index contributed by atoms with van der Waals surface area (Å²) in [6.07, 6.45) is 5.78. The van der Waals surface area contributed by atoms with E-state index in [1.807, 2.05) is 23.2 Å². The van der Waals surface area contributed by atoms with E-state index in [-0.39, 0.29) is 5.91 Å². The SMILES string of the molecule is O=C(c1ccc(N2CCCC2)cn1)N1CCC2(CC1)OCCO2. The Morgan fingerprint density at radius 2 is 1.74 bits per heavy atom. The molecule has 3 aliphatic rings. The van der Waals surface area contributed by atoms with E-state index in [0.29, 0.717) is 32.0 Å². The summed E-state index contributed by atoms with van der Waals surface area (Å²) in [4.78, 5) is 21.2. The van der Waals surface area contributed by atoms with Gasteiger partial charge in [0.1, 0.15) is 5.69 Å². The Bertz CT molecular complexity index is 553. The molecular formula is C17H23N3O3. The molecule has 0 N–H and O–H groups in total. The summed E-state index contributed by atoms with van der Waals surface area (Å²) in [7, 11) is 0. The van der Waals surface area contributed by atoms with E-state index in [0.717, 1.165) is 31.6 Å². The second-order valence-electron chi connectivity index (χ2n) is 6.50. The molecule has 3 aliphatic heterocycles. The average Bonchev–Trinajstić information content (AvgIpc) is 3.28. The number of aromatic nitrogens is 1. The van der Waals surface area contributed by atoms with E-state index in [2.05, 4.69) is 9.88 Å². The smallest absolute Gasteiger partial charge is 0.272 e. The minimum atomic E-state index is -0.441. The van der Waals surface area contributed by atoms with Crippen molar-refractivity contribution in [1.82, 2.24) is 9.88 Å². The van der Waals surface area contributed by atoms with E-state index in [4.69, 9.17) is 9.47 Å². The topological polar surface area (TPSA) is 54.9 Å². The van der Waals surface area contributed by atoms with E-state index in [1.165, 1.54) is 12.8 Å². The van der Waals surface area contributed by atoms with Crippen molar-refractivity contribution in [2.75, 3.05) is 44.3 Å². The predicted octanol–water partition coefficient (Wildman–Crippen LogP) is 1.66. The lowest BCUT2D eigenvalue weighted by atomic mass is 10.0. The lowest BCUT2D eigenvalue weighted by molar-refractivity contribution is -0.181. The quantitative estimate of drug-likeness (QED) is 0.830. The molecule has 0 aliphatic carbocycles. The minimum Gasteiger partial charge on any atom is -0.370 e. The highest BCUT2D eigenvalue weighted by atomic mass is 16.7. The van der Waals surface area contributed by atoms with Crippen LogP contribution in [0.2, 0.25) is 0 Å². The second kappa shape index (κ2) is 6.09. The average molecular weight is 317 g/mol. The molecule has 23 heavy (non-hydrogen) atoms. The molecule has 1 aromatic heterocycles. The van der Waals surface area contributed by atoms with Gasteiger partial charge in [0, 0.05) is 39.0 Å². The van der Waals surface area contributed by atoms with Crippen LogP contribution in [0.25, 0.3) is 0 Å². The van der Waals surface area contributed by atoms with Crippen molar-refractivity contribution in [2.45, 2.75) is 31.5 Å². The van der Waals surface area contributed by atoms with Crippen LogP contribution in [0.15, 0.2) is 18.3 Å². The van der Waals surface area contributed by atoms with Crippen molar-refractivity contribution in [3.05, 3.63) is 24.0 Å². The van der Waals surface area contributed by atoms with Crippen LogP contribution in [-0.2, 0) is 9.47 Å². The maximum atomic E-state index is 12.6. The molecule has 0 aromatic carbocycles. The zero-order chi connectivity index (χ0) is 15.7. The van der Waals surface area contributed by atoms with Gasteiger partial charge in [-0.3, -0.25) is 4.79 Å². The fourth-order valence-electron chi connectivity index (χ4n) is 3.67. The number of likely N-dealkylation sites (tertiary alicyclic amines) is 1. The molecule has 1 amide bonds. The standard InChI is InChI=1S/C17H23N3O3/c21-16(20-9-5-17(6-10-20)22-11-12-23-17)15-4-3-14(13-18-15)19-7-1-2-8-19/h3-4,13H,1-2,5-12H2. The number of hydrogen-bond acceptors (Lipinski definition) is 5. The summed E-state index contributed by atoms with van der Waals surface area (Å²) in [5.74, 6) is -0.435. The van der Waals surface area contributed by atoms with Gasteiger partial charge in [0.2, 0.25) is 0 Å². The first-order chi connectivity index (χ1) is 11.3. The van der Waals surface area contributed by atoms with Gasteiger partial charge in [-0.1, -0.05) is 0 Å². The Morgan fingerprint density at radius 1 is 1.04 bits per heavy atom. The highest BCUT2D eigenvalue weighted by Crippen LogP contribution is 2.31. The number of carbonyl (C=O) groups is 1. The number of hydrogen-bond donors (Lipinski definition) is 0. The number of nitrogens with zero attached hydrogens (tertiary/aromatic N) is 3. The molecule has 124 valence electrons. The van der Waals surface area contributed by atoms with Gasteiger partial charge < -0.3 is 19.3 Å². The highest BCUT2D eigenvalue weighted by Gasteiger charge is 2.41. The van der Waals surface area contributed by atoms with Crippen molar-refractivity contribution >= 4 is 11.6 Å². The molecule has 3 fully saturated rings. The van der Waals surface area contributed by atoms with Crippen molar-refractivity contribution < 1.29 is 14.3 Å². The fraction of sp³-hybridized carbons (Fsp3) is 0.647. The Balaban J connectivity index is 1.39. The van der Waals surface area contributed by atoms with Crippen LogP contribution >= 0.6 is 0 Å². The zero-order valence-electron chi connectivity index (χ0n) is 13.4. The van der Waals surface area contributed by atoms with E-state index in [9.17, 15) is 4.79 Å². The van der Waals surface area contributed by atoms with Gasteiger partial charge in [-0.25, -0.2) is 4.98 Å². The van der Waals surface area contributed by atoms with E-state index >= 15 is 0 Å². The molecule has 6 nitrogen and oxygen atoms in total. The normalized spacial score (nSPS) is 23.7. The van der Waals surface area contributed by atoms with E-state index < -0.39 is 5.79 Å². The summed E-state index contributed by atoms with van der Waals surface area (Å²) in [5.41, 5.74) is 1.64. The Labute approximate surface area is 136 Å². The van der Waals surface area contributed by atoms with Gasteiger partial charge in [-0.05, 0) is 25.0 Å². The maximum absolute atomic E-state index is 12.6. The highest BCUT2D eigenvalue weighted by molar-refractivity contribution is 5.92. The Morgan fingerprint density at radius 3 is 2.35 bits per heavy atom. The number of ether oxygens (including phenoxy) is 2. The van der Waals surface area contributed by atoms with Crippen molar-refractivity contribution in [1.29, 1.82) is 0 Å². The molecule has 1 spiro atoms. The Kier molecular flexibility index (Phi) is 3.95. The lowest BCUT2D eigenvalue weighted by Crippen LogP contribution is -2.47. The first-order valence-corrected chi connectivity index (χ1v) is 8.54. The van der Waals surface area contributed by atoms with E-state index in [1.54, 1.807) is 0 Å². The van der Waals surface area contributed by atoms with Gasteiger partial charge in [-0.15, -0.1) is 0 Å². The van der Waals surface area contributed by atoms with Crippen molar-refractivity contribution in [2.24, 2.45) is 0 Å². The van der Waals surface area contributed by atoms with Crippen LogP contribution in [0.4, 0.5) is 5.69 Å². The number of rotatable bonds is 2. The first-order valence-electron chi connectivity index (χ1n) is 8.54. The molecule has 0 saturated carbocycles. The van der Waals surface area contributed by atoms with Gasteiger partial charge in [-0.2, -0.15) is 0 Å². The van der Waals surface area contributed by atoms with Crippen LogP contribution in [0, 0.1) is 0 Å². The minimum absolute atomic E-state index is 0.00539. The third-order valence-electron chi connectivity index (χ3n) is 5.06. The van der Waals surface area contributed by atoms with Crippen LogP contribution < -0.4 is 4.90 Å². The zero-order valence-corrected chi connectivity index (χ0v) is 13.4. The number of anilines is 1. The molecule has 4 rings (SSSR count). The number of carbonyl (C=O) groups excluding carboxylic acids is 1. The van der Waals surface area contributed by atoms with Gasteiger partial charge in [0.25, 0.3) is 5.91 Å². The molecule has 6 heteroatoms. The molecule has 0 bridgehead atoms. The summed E-state index contributed by atoms with van der Waals surface area (Å²) < 4.78 is 11.4. The summed E-state index contributed by atoms with van der Waals surface area (Å²) >= 11 is 0. The van der Waals surface area contributed by atoms with Gasteiger partial charge in [0.05, 0.1) is 25.1 Å². The monoisotopic (exact) mass is 317 g/mol. The van der Waals surface area contributed by atoms with Crippen LogP contribution in [0.5, 0.6) is 0 Å². The molecule has 3 saturated heterocycles. The first kappa shape index (κ1) is 14.9. The third kappa shape index (κ3) is 2.93. The number of pyridine rings is 1. The predicted molar refractivity (Wildman–Crippen MR) is 85.5 cm³/mol. The summed E-state index contributed by atoms with van der Waals surface area (Å²) in [6, 6.07) is 3.86. The van der Waals surface area contributed by atoms with Gasteiger partial charge in [0.15, 0.2) is 5.79 Å². The Hall–Kier alpha value is -1.66. The molecular weight excluding hydrogens is 294 g/mol. The van der Waals surface area contributed by atoms with Crippen LogP contribution in [0.3, 0.4) is 0 Å². The van der Waals surface area contributed by atoms with Crippen LogP contribution in [0.1, 0.15) is 36.2 Å². The van der Waals surface area contributed by atoms with Crippen molar-refractivity contribution in [3.8, 4) is 0 Å². The maximum Gasteiger partial charge on any atom is 0.272 e. The number of amides is 1. The molecule has 0 atom stereocenters. The van der Waals surface area contributed by atoms with Crippen molar-refractivity contribution in [3.63, 3.8) is 0 Å². The molecule has 1 aromatic rings.